The van der Waals surface area contributed by atoms with Crippen LogP contribution in [0.1, 0.15) is 11.1 Å². The number of halogens is 1. The molecule has 0 saturated carbocycles. The Morgan fingerprint density at radius 3 is 1.96 bits per heavy atom. The lowest BCUT2D eigenvalue weighted by Crippen LogP contribution is -2.19. The van der Waals surface area contributed by atoms with Crippen molar-refractivity contribution in [1.82, 2.24) is 0 Å². The van der Waals surface area contributed by atoms with Crippen LogP contribution in [-0.2, 0) is 6.42 Å². The molecule has 0 unspecified atom stereocenters. The molecule has 4 aromatic carbocycles. The van der Waals surface area contributed by atoms with Gasteiger partial charge < -0.3 is 4.90 Å². The predicted molar refractivity (Wildman–Crippen MR) is 117 cm³/mol. The minimum Gasteiger partial charge on any atom is -0.310 e. The minimum atomic E-state index is 0. The molecule has 0 atom stereocenters. The Kier molecular flexibility index (Phi) is 4.70. The molecule has 0 spiro atoms. The van der Waals surface area contributed by atoms with Crippen LogP contribution in [0.2, 0.25) is 0 Å². The first kappa shape index (κ1) is 17.4. The first-order valence-corrected chi connectivity index (χ1v) is 9.02. The molecule has 1 aliphatic heterocycles. The standard InChI is InChI=1S/C25H19N.ClH/c1-3-10-19(11-4-1)22-15-9-17-25-23(22)18-20-12-7-8-16-24(20)26(25)21-13-5-2-6-14-21;/h1-17H,18H2;1H. The Morgan fingerprint density at radius 1 is 0.556 bits per heavy atom. The molecule has 1 aliphatic rings. The lowest BCUT2D eigenvalue weighted by molar-refractivity contribution is 1.09. The minimum absolute atomic E-state index is 0. The van der Waals surface area contributed by atoms with E-state index in [0.29, 0.717) is 0 Å². The lowest BCUT2D eigenvalue weighted by Gasteiger charge is -2.34. The summed E-state index contributed by atoms with van der Waals surface area (Å²) in [6.45, 7) is 0. The van der Waals surface area contributed by atoms with Crippen LogP contribution in [0.4, 0.5) is 17.1 Å². The van der Waals surface area contributed by atoms with Crippen molar-refractivity contribution in [3.63, 3.8) is 0 Å². The van der Waals surface area contributed by atoms with Gasteiger partial charge in [0, 0.05) is 17.8 Å². The highest BCUT2D eigenvalue weighted by Crippen LogP contribution is 2.46. The summed E-state index contributed by atoms with van der Waals surface area (Å²) in [5, 5.41) is 0. The van der Waals surface area contributed by atoms with E-state index in [1.54, 1.807) is 0 Å². The average molecular weight is 370 g/mol. The largest absolute Gasteiger partial charge is 0.310 e. The number of hydrogen-bond donors (Lipinski definition) is 0. The van der Waals surface area contributed by atoms with E-state index in [4.69, 9.17) is 0 Å². The van der Waals surface area contributed by atoms with Crippen LogP contribution in [-0.4, -0.2) is 0 Å². The summed E-state index contributed by atoms with van der Waals surface area (Å²) in [4.78, 5) is 2.39. The smallest absolute Gasteiger partial charge is 0.0503 e. The van der Waals surface area contributed by atoms with Crippen LogP contribution in [0.15, 0.2) is 103 Å². The second-order valence-electron chi connectivity index (χ2n) is 6.65. The van der Waals surface area contributed by atoms with Crippen molar-refractivity contribution < 1.29 is 0 Å². The molecule has 1 nitrogen and oxygen atoms in total. The molecule has 2 heteroatoms. The lowest BCUT2D eigenvalue weighted by atomic mass is 9.89. The van der Waals surface area contributed by atoms with Crippen LogP contribution in [0.5, 0.6) is 0 Å². The molecular weight excluding hydrogens is 350 g/mol. The third-order valence-electron chi connectivity index (χ3n) is 5.09. The molecule has 5 rings (SSSR count). The highest BCUT2D eigenvalue weighted by atomic mass is 35.5. The van der Waals surface area contributed by atoms with Crippen LogP contribution in [0.25, 0.3) is 11.1 Å². The Morgan fingerprint density at radius 2 is 1.19 bits per heavy atom. The van der Waals surface area contributed by atoms with Gasteiger partial charge in [-0.2, -0.15) is 0 Å². The van der Waals surface area contributed by atoms with Gasteiger partial charge in [-0.3, -0.25) is 0 Å². The molecule has 0 amide bonds. The molecule has 0 bridgehead atoms. The highest BCUT2D eigenvalue weighted by Gasteiger charge is 2.25. The fourth-order valence-corrected chi connectivity index (χ4v) is 3.91. The van der Waals surface area contributed by atoms with Crippen molar-refractivity contribution in [3.05, 3.63) is 114 Å². The van der Waals surface area contributed by atoms with Crippen LogP contribution in [0.3, 0.4) is 0 Å². The summed E-state index contributed by atoms with van der Waals surface area (Å²) < 4.78 is 0. The number of benzene rings is 4. The zero-order chi connectivity index (χ0) is 17.3. The SMILES string of the molecule is Cl.c1ccc(-c2cccc3c2Cc2ccccc2N3c2ccccc2)cc1. The predicted octanol–water partition coefficient (Wildman–Crippen LogP) is 7.15. The first-order valence-electron chi connectivity index (χ1n) is 9.02. The number of para-hydroxylation sites is 2. The second-order valence-corrected chi connectivity index (χ2v) is 6.65. The zero-order valence-corrected chi connectivity index (χ0v) is 15.7. The fourth-order valence-electron chi connectivity index (χ4n) is 3.91. The van der Waals surface area contributed by atoms with E-state index < -0.39 is 0 Å². The number of rotatable bonds is 2. The van der Waals surface area contributed by atoms with Gasteiger partial charge in [-0.15, -0.1) is 12.4 Å². The summed E-state index contributed by atoms with van der Waals surface area (Å²) in [6, 6.07) is 36.7. The van der Waals surface area contributed by atoms with E-state index in [0.717, 1.165) is 6.42 Å². The van der Waals surface area contributed by atoms with Crippen molar-refractivity contribution in [2.45, 2.75) is 6.42 Å². The van der Waals surface area contributed by atoms with E-state index in [1.165, 1.54) is 39.3 Å². The Balaban J connectivity index is 0.00000180. The fraction of sp³-hybridized carbons (Fsp3) is 0.0400. The quantitative estimate of drug-likeness (QED) is 0.319. The molecule has 0 aromatic heterocycles. The summed E-state index contributed by atoms with van der Waals surface area (Å²) in [6.07, 6.45) is 0.958. The maximum atomic E-state index is 2.39. The monoisotopic (exact) mass is 369 g/mol. The summed E-state index contributed by atoms with van der Waals surface area (Å²) in [7, 11) is 0. The van der Waals surface area contributed by atoms with Gasteiger partial charge in [0.15, 0.2) is 0 Å². The molecule has 4 aromatic rings. The van der Waals surface area contributed by atoms with Gasteiger partial charge in [-0.25, -0.2) is 0 Å². The Bertz CT molecular complexity index is 1060. The van der Waals surface area contributed by atoms with Gasteiger partial charge in [-0.05, 0) is 46.5 Å². The van der Waals surface area contributed by atoms with Gasteiger partial charge in [0.25, 0.3) is 0 Å². The van der Waals surface area contributed by atoms with E-state index >= 15 is 0 Å². The molecule has 0 fully saturated rings. The number of anilines is 3. The van der Waals surface area contributed by atoms with Crippen molar-refractivity contribution >= 4 is 29.5 Å². The molecule has 0 N–H and O–H groups in total. The molecule has 0 saturated heterocycles. The van der Waals surface area contributed by atoms with E-state index in [-0.39, 0.29) is 12.4 Å². The van der Waals surface area contributed by atoms with Crippen LogP contribution in [0, 0.1) is 0 Å². The molecule has 132 valence electrons. The first-order chi connectivity index (χ1) is 12.9. The van der Waals surface area contributed by atoms with Crippen LogP contribution < -0.4 is 4.90 Å². The van der Waals surface area contributed by atoms with Gasteiger partial charge in [0.2, 0.25) is 0 Å². The van der Waals surface area contributed by atoms with Crippen LogP contribution >= 0.6 is 12.4 Å². The van der Waals surface area contributed by atoms with E-state index in [2.05, 4.69) is 108 Å². The Labute approximate surface area is 166 Å². The van der Waals surface area contributed by atoms with Gasteiger partial charge in [0.05, 0.1) is 5.69 Å². The van der Waals surface area contributed by atoms with Gasteiger partial charge in [0.1, 0.15) is 0 Å². The van der Waals surface area contributed by atoms with E-state index in [9.17, 15) is 0 Å². The maximum Gasteiger partial charge on any atom is 0.0503 e. The molecular formula is C25H20ClN. The molecule has 27 heavy (non-hydrogen) atoms. The number of fused-ring (bicyclic) bond motifs is 2. The summed E-state index contributed by atoms with van der Waals surface area (Å²) in [5.41, 5.74) is 9.10. The molecule has 1 heterocycles. The summed E-state index contributed by atoms with van der Waals surface area (Å²) >= 11 is 0. The molecule has 0 aliphatic carbocycles. The van der Waals surface area contributed by atoms with Gasteiger partial charge >= 0.3 is 0 Å². The topological polar surface area (TPSA) is 3.24 Å². The third-order valence-corrected chi connectivity index (χ3v) is 5.09. The number of nitrogens with zero attached hydrogens (tertiary/aromatic N) is 1. The maximum absolute atomic E-state index is 2.39. The van der Waals surface area contributed by atoms with Crippen molar-refractivity contribution in [1.29, 1.82) is 0 Å². The Hall–Kier alpha value is -3.03. The number of hydrogen-bond acceptors (Lipinski definition) is 1. The van der Waals surface area contributed by atoms with Crippen molar-refractivity contribution in [2.75, 3.05) is 4.90 Å². The van der Waals surface area contributed by atoms with Crippen molar-refractivity contribution in [2.24, 2.45) is 0 Å². The van der Waals surface area contributed by atoms with Gasteiger partial charge in [-0.1, -0.05) is 78.9 Å². The third kappa shape index (κ3) is 3.01. The highest BCUT2D eigenvalue weighted by molar-refractivity contribution is 5.88. The normalized spacial score (nSPS) is 11.9. The molecule has 0 radical (unpaired) electrons. The zero-order valence-electron chi connectivity index (χ0n) is 14.9. The summed E-state index contributed by atoms with van der Waals surface area (Å²) in [5.74, 6) is 0. The second kappa shape index (κ2) is 7.30. The average Bonchev–Trinajstić information content (AvgIpc) is 2.73. The van der Waals surface area contributed by atoms with E-state index in [1.807, 2.05) is 0 Å². The van der Waals surface area contributed by atoms with Crippen molar-refractivity contribution in [3.8, 4) is 11.1 Å².